The van der Waals surface area contributed by atoms with Gasteiger partial charge in [-0.2, -0.15) is 0 Å². The molecule has 0 saturated carbocycles. The second-order valence-electron chi connectivity index (χ2n) is 15.4. The van der Waals surface area contributed by atoms with Crippen molar-refractivity contribution < 1.29 is 49.1 Å². The average Bonchev–Trinajstić information content (AvgIpc) is 3.75. The Morgan fingerprint density at radius 1 is 0.952 bits per heavy atom. The van der Waals surface area contributed by atoms with Crippen molar-refractivity contribution in [1.82, 2.24) is 40.7 Å². The van der Waals surface area contributed by atoms with Crippen LogP contribution in [0, 0.1) is 5.92 Å². The molecular weight excluding hydrogens is 811 g/mol. The molecule has 1 saturated heterocycles. The summed E-state index contributed by atoms with van der Waals surface area (Å²) in [6.45, 7) is 4.98. The molecule has 0 radical (unpaired) electrons. The van der Waals surface area contributed by atoms with E-state index in [1.807, 2.05) is 17.1 Å². The van der Waals surface area contributed by atoms with Gasteiger partial charge in [-0.15, -0.1) is 0 Å². The number of H-pyrrole nitrogens is 2. The summed E-state index contributed by atoms with van der Waals surface area (Å²) < 4.78 is 6.40. The Labute approximate surface area is 354 Å². The lowest BCUT2D eigenvalue weighted by atomic mass is 10.0. The van der Waals surface area contributed by atoms with Gasteiger partial charge in [0.1, 0.15) is 41.8 Å². The molecule has 1 fully saturated rings. The van der Waals surface area contributed by atoms with Crippen LogP contribution >= 0.6 is 0 Å². The highest BCUT2D eigenvalue weighted by atomic mass is 16.6. The van der Waals surface area contributed by atoms with E-state index in [-0.39, 0.29) is 30.9 Å². The van der Waals surface area contributed by atoms with Crippen molar-refractivity contribution in [2.45, 2.75) is 88.7 Å². The molecule has 1 aliphatic heterocycles. The number of carbonyl (C=O) groups excluding carboxylic acids is 4. The Bertz CT molecular complexity index is 2430. The molecular formula is C41H51N9O12. The molecule has 0 aliphatic carbocycles. The van der Waals surface area contributed by atoms with E-state index in [9.17, 15) is 54.0 Å². The Morgan fingerprint density at radius 3 is 2.34 bits per heavy atom. The molecule has 62 heavy (non-hydrogen) atoms. The third-order valence-electron chi connectivity index (χ3n) is 10.4. The van der Waals surface area contributed by atoms with Crippen LogP contribution in [0.4, 0.5) is 4.79 Å². The number of rotatable bonds is 17. The lowest BCUT2D eigenvalue weighted by Gasteiger charge is -2.34. The number of aromatic hydroxyl groups is 1. The van der Waals surface area contributed by atoms with E-state index in [0.29, 0.717) is 11.1 Å². The van der Waals surface area contributed by atoms with Crippen molar-refractivity contribution in [3.05, 3.63) is 111 Å². The zero-order valence-electron chi connectivity index (χ0n) is 34.3. The van der Waals surface area contributed by atoms with Gasteiger partial charge in [0.25, 0.3) is 5.56 Å². The number of phenols is 1. The highest BCUT2D eigenvalue weighted by molar-refractivity contribution is 5.94. The number of amides is 5. The van der Waals surface area contributed by atoms with Crippen molar-refractivity contribution in [2.24, 2.45) is 11.7 Å². The fraction of sp³-hybridized carbons (Fsp3) is 0.390. The summed E-state index contributed by atoms with van der Waals surface area (Å²) in [6, 6.07) is 6.72. The van der Waals surface area contributed by atoms with Gasteiger partial charge in [-0.25, -0.2) is 14.4 Å². The predicted octanol–water partition coefficient (Wildman–Crippen LogP) is -0.757. The molecule has 2 aromatic carbocycles. The summed E-state index contributed by atoms with van der Waals surface area (Å²) in [6.07, 6.45) is -1.49. The molecule has 12 N–H and O–H groups in total. The number of fused-ring (bicyclic) bond motifs is 1. The zero-order valence-corrected chi connectivity index (χ0v) is 34.3. The summed E-state index contributed by atoms with van der Waals surface area (Å²) in [4.78, 5) is 97.6. The number of benzene rings is 2. The van der Waals surface area contributed by atoms with Gasteiger partial charge in [0.15, 0.2) is 0 Å². The number of nitrogens with zero attached hydrogens (tertiary/aromatic N) is 2. The van der Waals surface area contributed by atoms with Crippen molar-refractivity contribution in [3.8, 4) is 5.75 Å². The number of carboxylic acid groups (broad SMARTS) is 1. The van der Waals surface area contributed by atoms with Crippen molar-refractivity contribution in [1.29, 1.82) is 0 Å². The summed E-state index contributed by atoms with van der Waals surface area (Å²) in [5, 5.41) is 52.0. The Kier molecular flexibility index (Phi) is 14.9. The van der Waals surface area contributed by atoms with Gasteiger partial charge in [0.2, 0.25) is 23.9 Å². The largest absolute Gasteiger partial charge is 0.508 e. The molecule has 21 heteroatoms. The average molecular weight is 862 g/mol. The maximum Gasteiger partial charge on any atom is 0.331 e. The molecule has 8 atom stereocenters. The first-order valence-electron chi connectivity index (χ1n) is 19.6. The van der Waals surface area contributed by atoms with E-state index < -0.39 is 95.4 Å². The molecule has 3 heterocycles. The number of ether oxygens (including phenoxy) is 1. The number of carboxylic acids is 1. The minimum Gasteiger partial charge on any atom is -0.508 e. The first kappa shape index (κ1) is 46.1. The number of aromatic amines is 2. The van der Waals surface area contributed by atoms with Crippen LogP contribution in [0.5, 0.6) is 5.75 Å². The molecule has 4 aromatic rings. The van der Waals surface area contributed by atoms with Gasteiger partial charge in [-0.3, -0.25) is 28.7 Å². The Balaban J connectivity index is 1.36. The monoisotopic (exact) mass is 861 g/mol. The fourth-order valence-corrected chi connectivity index (χ4v) is 6.95. The van der Waals surface area contributed by atoms with E-state index in [0.717, 1.165) is 38.8 Å². The lowest BCUT2D eigenvalue weighted by Crippen LogP contribution is -2.62. The smallest absolute Gasteiger partial charge is 0.331 e. The van der Waals surface area contributed by atoms with Crippen LogP contribution in [0.3, 0.4) is 0 Å². The van der Waals surface area contributed by atoms with Gasteiger partial charge in [-0.05, 0) is 55.0 Å². The van der Waals surface area contributed by atoms with E-state index in [2.05, 4.69) is 26.3 Å². The number of hydrogen-bond donors (Lipinski definition) is 11. The Hall–Kier alpha value is -6.97. The number of urea groups is 1. The normalized spacial score (nSPS) is 19.2. The summed E-state index contributed by atoms with van der Waals surface area (Å²) in [7, 11) is 1.35. The molecule has 2 aromatic heterocycles. The van der Waals surface area contributed by atoms with E-state index in [1.165, 1.54) is 26.1 Å². The number of aliphatic carboxylic acids is 1. The maximum atomic E-state index is 14.1. The number of likely N-dealkylation sites (N-methyl/N-ethyl adjacent to an activating group) is 1. The van der Waals surface area contributed by atoms with Crippen LogP contribution in [0.1, 0.15) is 44.5 Å². The van der Waals surface area contributed by atoms with E-state index in [1.54, 1.807) is 44.3 Å². The second-order valence-corrected chi connectivity index (χ2v) is 15.4. The van der Waals surface area contributed by atoms with Gasteiger partial charge >= 0.3 is 17.7 Å². The zero-order chi connectivity index (χ0) is 45.4. The minimum absolute atomic E-state index is 0.00383. The highest BCUT2D eigenvalue weighted by Crippen LogP contribution is 2.30. The summed E-state index contributed by atoms with van der Waals surface area (Å²) in [5.74, 6) is -4.48. The van der Waals surface area contributed by atoms with Gasteiger partial charge in [0.05, 0.1) is 12.1 Å². The van der Waals surface area contributed by atoms with Gasteiger partial charge < -0.3 is 62.0 Å². The van der Waals surface area contributed by atoms with Crippen LogP contribution < -0.4 is 38.2 Å². The number of aliphatic hydroxyl groups is 2. The topological polar surface area (TPSA) is 324 Å². The summed E-state index contributed by atoms with van der Waals surface area (Å²) in [5.41, 5.74) is 6.57. The number of hydrogen-bond acceptors (Lipinski definition) is 12. The molecule has 21 nitrogen and oxygen atoms in total. The predicted molar refractivity (Wildman–Crippen MR) is 222 cm³/mol. The fourth-order valence-electron chi connectivity index (χ4n) is 6.95. The molecule has 0 spiro atoms. The SMILES string of the molecule is CC(C)C[C@H](NC(=O)N[C@@H](Cc1c[nH]c2ccccc12)C(=O)O)C(=O)N[C@H](C(=O)N/C=C1\O[C@@H](n2ccc(=O)[nH]c2=O)[C@H](O)[C@@H]1O)[C@H](C)N(C)C(=O)[C@@H](N)Cc1cccc(O)c1. The third kappa shape index (κ3) is 11.2. The van der Waals surface area contributed by atoms with Crippen molar-refractivity contribution >= 4 is 40.6 Å². The highest BCUT2D eigenvalue weighted by Gasteiger charge is 2.42. The van der Waals surface area contributed by atoms with Crippen LogP contribution in [-0.2, 0) is 36.8 Å². The number of nitrogens with one attached hydrogen (secondary N) is 6. The molecule has 1 aliphatic rings. The van der Waals surface area contributed by atoms with Gasteiger partial charge in [-0.1, -0.05) is 44.2 Å². The number of carbonyl (C=O) groups is 5. The second kappa shape index (κ2) is 20.1. The molecule has 332 valence electrons. The van der Waals surface area contributed by atoms with Crippen LogP contribution in [0.25, 0.3) is 10.9 Å². The number of nitrogens with two attached hydrogens (primary N) is 1. The van der Waals surface area contributed by atoms with Crippen LogP contribution in [0.15, 0.2) is 88.5 Å². The lowest BCUT2D eigenvalue weighted by molar-refractivity contribution is -0.139. The first-order valence-corrected chi connectivity index (χ1v) is 19.6. The first-order chi connectivity index (χ1) is 29.3. The molecule has 0 unspecified atom stereocenters. The van der Waals surface area contributed by atoms with Crippen LogP contribution in [-0.4, -0.2) is 119 Å². The number of aromatic nitrogens is 3. The minimum atomic E-state index is -1.77. The number of aliphatic hydroxyl groups excluding tert-OH is 2. The standard InChI is InChI=1S/C41H51N9O12/c1-20(2)14-28(45-40(60)46-29(39(58)59)17-23-18-43-27-11-6-5-10-25(23)27)35(55)48-32(21(3)49(4)37(57)26(42)16-22-8-7-9-24(51)15-22)36(56)44-19-30-33(53)34(54)38(62-30)50-13-12-31(52)47-41(50)61/h5-13,15,18-21,26,28-29,32-34,38,43,51,53-54H,14,16-17,42H2,1-4H3,(H,44,56)(H,48,55)(H,58,59)(H2,45,46,60)(H,47,52,61)/b30-19-/t21-,26-,28-,29-,32-,33+,34+,38+/m0/s1. The molecule has 5 amide bonds. The third-order valence-corrected chi connectivity index (χ3v) is 10.4. The Morgan fingerprint density at radius 2 is 1.66 bits per heavy atom. The van der Waals surface area contributed by atoms with Gasteiger partial charge in [0, 0.05) is 49.0 Å². The van der Waals surface area contributed by atoms with Crippen molar-refractivity contribution in [2.75, 3.05) is 7.05 Å². The summed E-state index contributed by atoms with van der Waals surface area (Å²) >= 11 is 0. The molecule has 0 bridgehead atoms. The van der Waals surface area contributed by atoms with Crippen LogP contribution in [0.2, 0.25) is 0 Å². The molecule has 5 rings (SSSR count). The number of phenolic OH excluding ortho intramolecular Hbond substituents is 1. The van der Waals surface area contributed by atoms with Crippen molar-refractivity contribution in [3.63, 3.8) is 0 Å². The maximum absolute atomic E-state index is 14.1. The number of para-hydroxylation sites is 1. The quantitative estimate of drug-likeness (QED) is 0.0623. The van der Waals surface area contributed by atoms with E-state index in [4.69, 9.17) is 10.5 Å². The van der Waals surface area contributed by atoms with E-state index >= 15 is 0 Å².